The summed E-state index contributed by atoms with van der Waals surface area (Å²) in [6.45, 7) is 15.6. The van der Waals surface area contributed by atoms with Gasteiger partial charge in [0.1, 0.15) is 0 Å². The molecule has 2 heterocycles. The SMILES string of the molecule is CCO[Si](CCCc1cccc2sc(SSSSc3nc4c(CCC[Si](OCC)(OCC)OCC)cccc4s3)nc12)(OCC)OCC. The lowest BCUT2D eigenvalue weighted by molar-refractivity contribution is 0.0700. The van der Waals surface area contributed by atoms with Crippen LogP contribution in [-0.2, 0) is 39.4 Å². The Balaban J connectivity index is 1.30. The summed E-state index contributed by atoms with van der Waals surface area (Å²) in [4.78, 5) is 10.1. The zero-order valence-corrected chi connectivity index (χ0v) is 35.6. The first-order valence-electron chi connectivity index (χ1n) is 16.7. The molecule has 0 unspecified atom stereocenters. The van der Waals surface area contributed by atoms with E-state index < -0.39 is 17.6 Å². The summed E-state index contributed by atoms with van der Waals surface area (Å²) in [5.41, 5.74) is 4.73. The molecule has 0 saturated heterocycles. The van der Waals surface area contributed by atoms with Gasteiger partial charge in [-0.25, -0.2) is 9.97 Å². The third kappa shape index (κ3) is 11.7. The highest BCUT2D eigenvalue weighted by Gasteiger charge is 2.40. The van der Waals surface area contributed by atoms with Gasteiger partial charge in [0.05, 0.1) is 20.4 Å². The zero-order chi connectivity index (χ0) is 34.2. The Morgan fingerprint density at radius 2 is 0.896 bits per heavy atom. The van der Waals surface area contributed by atoms with Gasteiger partial charge in [0.2, 0.25) is 0 Å². The van der Waals surface area contributed by atoms with Gasteiger partial charge in [0.15, 0.2) is 8.68 Å². The van der Waals surface area contributed by atoms with Crippen molar-refractivity contribution in [3.63, 3.8) is 0 Å². The molecule has 0 amide bonds. The van der Waals surface area contributed by atoms with Gasteiger partial charge in [-0.1, -0.05) is 24.3 Å². The number of thiazole rings is 2. The normalized spacial score (nSPS) is 12.5. The van der Waals surface area contributed by atoms with Gasteiger partial charge in [-0.3, -0.25) is 0 Å². The molecule has 0 spiro atoms. The minimum Gasteiger partial charge on any atom is -0.374 e. The minimum absolute atomic E-state index is 0.601. The number of benzene rings is 2. The first kappa shape index (κ1) is 40.6. The predicted octanol–water partition coefficient (Wildman–Crippen LogP) is 11.0. The number of hydrogen-bond donors (Lipinski definition) is 0. The maximum Gasteiger partial charge on any atom is 0.500 e. The number of hydrogen-bond acceptors (Lipinski definition) is 14. The molecule has 0 aliphatic rings. The number of aryl methyl sites for hydroxylation is 2. The molecule has 0 saturated carbocycles. The van der Waals surface area contributed by atoms with Crippen molar-refractivity contribution < 1.29 is 26.6 Å². The highest BCUT2D eigenvalue weighted by atomic mass is 33.7. The van der Waals surface area contributed by atoms with E-state index in [4.69, 9.17) is 36.5 Å². The summed E-state index contributed by atoms with van der Waals surface area (Å²) in [6, 6.07) is 14.6. The number of aromatic nitrogens is 2. The van der Waals surface area contributed by atoms with E-state index >= 15 is 0 Å². The summed E-state index contributed by atoms with van der Waals surface area (Å²) >= 11 is 3.50. The van der Waals surface area contributed by atoms with Crippen LogP contribution in [0.1, 0.15) is 65.5 Å². The Morgan fingerprint density at radius 1 is 0.542 bits per heavy atom. The second-order valence-electron chi connectivity index (χ2n) is 10.5. The third-order valence-corrected chi connectivity index (χ3v) is 22.2. The van der Waals surface area contributed by atoms with E-state index in [0.717, 1.165) is 57.5 Å². The van der Waals surface area contributed by atoms with Gasteiger partial charge in [0.25, 0.3) is 0 Å². The average molecular weight is 805 g/mol. The second-order valence-corrected chi connectivity index (χ2v) is 24.1. The van der Waals surface area contributed by atoms with Crippen molar-refractivity contribution in [1.29, 1.82) is 0 Å². The Hall–Kier alpha value is -0.186. The van der Waals surface area contributed by atoms with Crippen molar-refractivity contribution in [2.24, 2.45) is 0 Å². The van der Waals surface area contributed by atoms with Crippen LogP contribution >= 0.6 is 63.9 Å². The lowest BCUT2D eigenvalue weighted by Gasteiger charge is -2.28. The van der Waals surface area contributed by atoms with E-state index in [0.29, 0.717) is 39.6 Å². The topological polar surface area (TPSA) is 81.2 Å². The van der Waals surface area contributed by atoms with Gasteiger partial charge in [-0.2, -0.15) is 0 Å². The van der Waals surface area contributed by atoms with Crippen LogP contribution in [0.2, 0.25) is 12.1 Å². The van der Waals surface area contributed by atoms with Gasteiger partial charge >= 0.3 is 17.6 Å². The fraction of sp³-hybridized carbons (Fsp3) is 0.562. The van der Waals surface area contributed by atoms with Gasteiger partial charge < -0.3 is 26.6 Å². The fourth-order valence-electron chi connectivity index (χ4n) is 5.52. The lowest BCUT2D eigenvalue weighted by Crippen LogP contribution is -2.46. The van der Waals surface area contributed by atoms with Crippen molar-refractivity contribution in [3.8, 4) is 0 Å². The monoisotopic (exact) mass is 804 g/mol. The maximum absolute atomic E-state index is 6.05. The molecule has 0 aliphatic carbocycles. The Kier molecular flexibility index (Phi) is 18.1. The maximum atomic E-state index is 6.05. The van der Waals surface area contributed by atoms with Crippen LogP contribution in [0, 0.1) is 0 Å². The van der Waals surface area contributed by atoms with E-state index in [-0.39, 0.29) is 0 Å². The summed E-state index contributed by atoms with van der Waals surface area (Å²) in [6.07, 6.45) is 3.71. The Bertz CT molecular complexity index is 1380. The summed E-state index contributed by atoms with van der Waals surface area (Å²) < 4.78 is 40.9. The van der Waals surface area contributed by atoms with Crippen LogP contribution in [0.3, 0.4) is 0 Å². The molecule has 0 aliphatic heterocycles. The predicted molar refractivity (Wildman–Crippen MR) is 214 cm³/mol. The van der Waals surface area contributed by atoms with Crippen LogP contribution in [-0.4, -0.2) is 67.2 Å². The number of fused-ring (bicyclic) bond motifs is 2. The first-order chi connectivity index (χ1) is 23.4. The summed E-state index contributed by atoms with van der Waals surface area (Å²) in [5, 5.41) is 0. The molecule has 2 aromatic heterocycles. The van der Waals surface area contributed by atoms with Crippen LogP contribution in [0.15, 0.2) is 45.1 Å². The van der Waals surface area contributed by atoms with Crippen molar-refractivity contribution in [1.82, 2.24) is 9.97 Å². The molecular formula is C32H48N2O6S6Si2. The Morgan fingerprint density at radius 3 is 1.23 bits per heavy atom. The van der Waals surface area contributed by atoms with Crippen molar-refractivity contribution in [2.45, 2.75) is 88.0 Å². The fourth-order valence-corrected chi connectivity index (χ4v) is 19.4. The van der Waals surface area contributed by atoms with E-state index in [2.05, 4.69) is 36.4 Å². The van der Waals surface area contributed by atoms with Crippen LogP contribution in [0.5, 0.6) is 0 Å². The van der Waals surface area contributed by atoms with Gasteiger partial charge in [-0.05, 0) is 132 Å². The standard InChI is InChI=1S/C32H48N2O6S6Si2/c1-7-35-47(36-8-2,37-9-3)23-15-19-25-17-13-21-27-29(25)33-31(41-27)43-45-46-44-32-34-30-26(18-14-22-28(30)42-32)20-16-24-48(38-10-4,39-11-5)40-12-6/h13-14,17-18,21-22H,7-12,15-16,19-20,23-24H2,1-6H3. The van der Waals surface area contributed by atoms with E-state index in [1.807, 2.05) is 41.5 Å². The zero-order valence-electron chi connectivity index (χ0n) is 28.7. The van der Waals surface area contributed by atoms with Crippen LogP contribution in [0.25, 0.3) is 20.4 Å². The van der Waals surface area contributed by atoms with E-state index in [1.54, 1.807) is 63.9 Å². The lowest BCUT2D eigenvalue weighted by atomic mass is 10.1. The molecule has 16 heteroatoms. The van der Waals surface area contributed by atoms with Crippen LogP contribution in [0.4, 0.5) is 0 Å². The van der Waals surface area contributed by atoms with Gasteiger partial charge in [0, 0.05) is 51.7 Å². The molecule has 0 radical (unpaired) electrons. The largest absolute Gasteiger partial charge is 0.500 e. The van der Waals surface area contributed by atoms with E-state index in [1.165, 1.54) is 20.5 Å². The molecule has 4 aromatic rings. The minimum atomic E-state index is -2.65. The number of para-hydroxylation sites is 2. The molecule has 48 heavy (non-hydrogen) atoms. The quantitative estimate of drug-likeness (QED) is 0.0363. The number of nitrogens with zero attached hydrogens (tertiary/aromatic N) is 2. The number of rotatable bonds is 25. The summed E-state index contributed by atoms with van der Waals surface area (Å²) in [5.74, 6) is 0. The van der Waals surface area contributed by atoms with Crippen molar-refractivity contribution in [3.05, 3.63) is 47.5 Å². The molecule has 0 bridgehead atoms. The third-order valence-electron chi connectivity index (χ3n) is 7.25. The molecular weight excluding hydrogens is 757 g/mol. The first-order valence-corrected chi connectivity index (χ1v) is 27.0. The highest BCUT2D eigenvalue weighted by molar-refractivity contribution is 9.26. The molecule has 2 aromatic carbocycles. The van der Waals surface area contributed by atoms with Gasteiger partial charge in [-0.15, -0.1) is 22.7 Å². The molecule has 0 atom stereocenters. The van der Waals surface area contributed by atoms with Crippen LogP contribution < -0.4 is 0 Å². The van der Waals surface area contributed by atoms with Crippen molar-refractivity contribution >= 4 is 102 Å². The van der Waals surface area contributed by atoms with Crippen molar-refractivity contribution in [2.75, 3.05) is 39.6 Å². The molecule has 4 rings (SSSR count). The molecule has 8 nitrogen and oxygen atoms in total. The molecule has 0 fully saturated rings. The van der Waals surface area contributed by atoms with E-state index in [9.17, 15) is 0 Å². The highest BCUT2D eigenvalue weighted by Crippen LogP contribution is 2.51. The molecule has 0 N–H and O–H groups in total. The second kappa shape index (κ2) is 21.4. The smallest absolute Gasteiger partial charge is 0.374 e. The molecule has 266 valence electrons. The Labute approximate surface area is 311 Å². The summed E-state index contributed by atoms with van der Waals surface area (Å²) in [7, 11) is 1.61. The average Bonchev–Trinajstić information content (AvgIpc) is 3.69.